The van der Waals surface area contributed by atoms with Crippen molar-refractivity contribution in [3.63, 3.8) is 0 Å². The van der Waals surface area contributed by atoms with Gasteiger partial charge in [0, 0.05) is 0 Å². The van der Waals surface area contributed by atoms with Gasteiger partial charge >= 0.3 is 12.0 Å². The molecule has 0 spiro atoms. The molecule has 0 amide bonds. The molecule has 3 aromatic rings. The first-order valence-electron chi connectivity index (χ1n) is 52.9. The van der Waals surface area contributed by atoms with Gasteiger partial charge in [-0.3, -0.25) is 0 Å². The number of hydrogen-bond acceptors (Lipinski definition) is 0. The average molecular weight is 2590 g/mol. The van der Waals surface area contributed by atoms with Crippen molar-refractivity contribution >= 4 is 294 Å². The van der Waals surface area contributed by atoms with E-state index in [9.17, 15) is 0 Å². The molecule has 3 aromatic carbocycles. The van der Waals surface area contributed by atoms with E-state index in [-0.39, 0.29) is 6.04 Å². The summed E-state index contributed by atoms with van der Waals surface area (Å²) in [6.45, 7) is 64.9. The van der Waals surface area contributed by atoms with Gasteiger partial charge in [0.1, 0.15) is 22.2 Å². The van der Waals surface area contributed by atoms with Crippen LogP contribution in [0, 0.1) is 5.92 Å². The topological polar surface area (TPSA) is 0 Å². The zero-order valence-electron chi connectivity index (χ0n) is 90.1. The molecule has 0 bridgehead atoms. The minimum atomic E-state index is -2.33. The van der Waals surface area contributed by atoms with E-state index >= 15 is 0 Å². The van der Waals surface area contributed by atoms with Crippen LogP contribution in [0.2, 0.25) is 126 Å². The molecule has 0 aromatic heterocycles. The van der Waals surface area contributed by atoms with E-state index in [1.54, 1.807) is 0 Å². The lowest BCUT2D eigenvalue weighted by molar-refractivity contribution is 0.536. The third kappa shape index (κ3) is 147. The van der Waals surface area contributed by atoms with Crippen LogP contribution in [-0.2, 0) is 6.42 Å². The molecule has 0 saturated carbocycles. The van der Waals surface area contributed by atoms with Crippen molar-refractivity contribution in [2.75, 3.05) is 0 Å². The summed E-state index contributed by atoms with van der Waals surface area (Å²) in [6, 6.07) is 36.1. The van der Waals surface area contributed by atoms with Gasteiger partial charge < -0.3 is 0 Å². The summed E-state index contributed by atoms with van der Waals surface area (Å²) in [5, 5.41) is 4.08. The van der Waals surface area contributed by atoms with Gasteiger partial charge in [-0.1, -0.05) is 417 Å². The Bertz CT molecular complexity index is 3120. The highest BCUT2D eigenvalue weighted by Gasteiger charge is 2.35. The lowest BCUT2D eigenvalue weighted by atomic mass is 10.0. The average Bonchev–Trinajstić information content (AvgIpc) is 0.797. The molecule has 0 N–H and O–H groups in total. The molecule has 812 valence electrons. The molecule has 1 unspecified atom stereocenters. The number of allylic oxidation sites excluding steroid dienone is 11. The quantitative estimate of drug-likeness (QED) is 0.0229. The molecule has 0 aliphatic rings. The van der Waals surface area contributed by atoms with Crippen LogP contribution in [-0.4, -0.2) is 77.9 Å². The summed E-state index contributed by atoms with van der Waals surface area (Å²) in [5.74, 6) is 0.771. The normalized spacial score (nSPS) is 11.4. The largest absolute Gasteiger partial charge is 0.341 e. The third-order valence-corrected chi connectivity index (χ3v) is 49.9. The highest BCUT2D eigenvalue weighted by molar-refractivity contribution is 9.49. The number of unbranched alkanes of at least 4 members (excludes halogenated alkanes) is 37. The van der Waals surface area contributed by atoms with Gasteiger partial charge in [0.05, 0.1) is 0 Å². The molecule has 0 heterocycles. The Balaban J connectivity index is -0.000000232. The Morgan fingerprint density at radius 2 is 0.529 bits per heavy atom. The maximum absolute atomic E-state index is 7.18. The molecule has 4 radical (unpaired) electrons. The molecule has 0 aliphatic heterocycles. The van der Waals surface area contributed by atoms with E-state index in [1.807, 2.05) is 66.8 Å². The zero-order chi connectivity index (χ0) is 108. The summed E-state index contributed by atoms with van der Waals surface area (Å²) in [5.41, 5.74) is 1.51. The van der Waals surface area contributed by atoms with Crippen LogP contribution in [0.15, 0.2) is 224 Å². The maximum Gasteiger partial charge on any atom is 0.341 e. The van der Waals surface area contributed by atoms with Crippen LogP contribution < -0.4 is 15.6 Å². The van der Waals surface area contributed by atoms with Crippen molar-refractivity contribution in [1.29, 1.82) is 0 Å². The van der Waals surface area contributed by atoms with Crippen LogP contribution in [0.25, 0.3) is 0 Å². The Hall–Kier alpha value is 2.69. The molecule has 3 rings (SSSR count). The molecular weight excluding hydrogens is 2390 g/mol. The molecule has 1 atom stereocenters. The predicted molar refractivity (Wildman–Crippen MR) is 708 cm³/mol. The fourth-order valence-corrected chi connectivity index (χ4v) is 35.3. The first kappa shape index (κ1) is 158. The fraction of sp³-hybridized carbons (Fsp3) is 0.643. The second-order valence-electron chi connectivity index (χ2n) is 39.3. The summed E-state index contributed by atoms with van der Waals surface area (Å²) in [6.07, 6.45) is 85.1. The Kier molecular flexibility index (Phi) is 127. The van der Waals surface area contributed by atoms with E-state index in [1.165, 1.54) is 289 Å². The third-order valence-electron chi connectivity index (χ3n) is 21.8. The smallest absolute Gasteiger partial charge is 0.168 e. The van der Waals surface area contributed by atoms with E-state index in [2.05, 4.69) is 276 Å². The summed E-state index contributed by atoms with van der Waals surface area (Å²) in [4.78, 5) is 0. The summed E-state index contributed by atoms with van der Waals surface area (Å²) in [7, 11) is -8.84. The number of benzene rings is 3. The number of hydrogen-bond donors (Lipinski definition) is 0. The monoisotopic (exact) mass is 2580 g/mol. The Labute approximate surface area is 972 Å². The zero-order valence-corrected chi connectivity index (χ0v) is 116. The van der Waals surface area contributed by atoms with Crippen molar-refractivity contribution in [2.45, 2.75) is 454 Å². The first-order chi connectivity index (χ1) is 66.0. The lowest BCUT2D eigenvalue weighted by Crippen LogP contribution is -2.53. The van der Waals surface area contributed by atoms with E-state index in [0.29, 0.717) is 0 Å². The van der Waals surface area contributed by atoms with Gasteiger partial charge in [-0.05, 0) is 216 Å². The maximum atomic E-state index is 7.18. The van der Waals surface area contributed by atoms with Crippen LogP contribution in [0.3, 0.4) is 0 Å². The van der Waals surface area contributed by atoms with Crippen molar-refractivity contribution in [3.8, 4) is 0 Å². The Morgan fingerprint density at radius 3 is 0.807 bits per heavy atom. The van der Waals surface area contributed by atoms with Gasteiger partial charge in [0.25, 0.3) is 7.42 Å². The molecule has 140 heavy (non-hydrogen) atoms. The highest BCUT2D eigenvalue weighted by atomic mass is 79.9. The van der Waals surface area contributed by atoms with Gasteiger partial charge in [-0.15, -0.1) is 207 Å². The number of halogens is 17. The SMILES string of the molecule is C=CCCC(C)C[Si](C)(C)Cl.C=CCCCCCCCCCCCCCCCC[Si](C)(C)Cl.C=CCCCCCCC[Si](Br)Br.C=CCCCCCC[Si](C)(C)Cl.C=CCCCCCC[Si](Cl)(Cl)Cl.C=CCCCCCc1ccccc1[Si]Br.C=CCCCC[Si](C)(C)Cl.C=CCCCC[Si](Cl)(Cl)Cl.C=CCCCC[Si](Cl)(c1ccccc1)c1ccccc1.C=CCCC[Si](Cl)Cl.C=CCC[Si](C)(C)Cl. The lowest BCUT2D eigenvalue weighted by Gasteiger charge is -2.25. The van der Waals surface area contributed by atoms with E-state index in [0.717, 1.165) is 128 Å². The van der Waals surface area contributed by atoms with Gasteiger partial charge in [0.2, 0.25) is 13.4 Å². The number of aryl methyl sites for hydroxylation is 1. The second-order valence-corrected chi connectivity index (χ2v) is 115. The summed E-state index contributed by atoms with van der Waals surface area (Å²) >= 11 is 94.0. The molecule has 0 aliphatic carbocycles. The molecule has 0 fully saturated rings. The first-order valence-corrected chi connectivity index (χ1v) is 101. The van der Waals surface area contributed by atoms with Crippen LogP contribution in [0.5, 0.6) is 0 Å². The van der Waals surface area contributed by atoms with Crippen molar-refractivity contribution in [2.24, 2.45) is 5.92 Å². The van der Waals surface area contributed by atoms with Crippen molar-refractivity contribution < 1.29 is 0 Å². The minimum absolute atomic E-state index is 0.323. The highest BCUT2D eigenvalue weighted by Crippen LogP contribution is 2.31. The second kappa shape index (κ2) is 113. The van der Waals surface area contributed by atoms with Crippen LogP contribution in [0.4, 0.5) is 0 Å². The Morgan fingerprint density at radius 1 is 0.279 bits per heavy atom. The fourth-order valence-electron chi connectivity index (χ4n) is 13.9. The van der Waals surface area contributed by atoms with E-state index in [4.69, 9.17) is 155 Å². The van der Waals surface area contributed by atoms with Crippen molar-refractivity contribution in [3.05, 3.63) is 230 Å². The van der Waals surface area contributed by atoms with Gasteiger partial charge in [-0.2, -0.15) is 66.5 Å². The van der Waals surface area contributed by atoms with Crippen molar-refractivity contribution in [1.82, 2.24) is 0 Å². The molecule has 28 heteroatoms. The van der Waals surface area contributed by atoms with E-state index < -0.39 is 63.7 Å². The summed E-state index contributed by atoms with van der Waals surface area (Å²) < 4.78 is 0. The minimum Gasteiger partial charge on any atom is -0.168 e. The van der Waals surface area contributed by atoms with Gasteiger partial charge in [-0.25, -0.2) is 0 Å². The molecular formula is C112H201Br3Cl14Si11. The number of rotatable bonds is 75. The van der Waals surface area contributed by atoms with Crippen LogP contribution in [0.1, 0.15) is 327 Å². The molecule has 0 nitrogen and oxygen atoms in total. The van der Waals surface area contributed by atoms with Crippen LogP contribution >= 0.6 is 201 Å². The van der Waals surface area contributed by atoms with Gasteiger partial charge in [0.15, 0.2) is 22.9 Å². The standard InChI is InChI=1S/C20H41ClSi.C18H21ClSi.C13H17BrSi.C10H21ClSi.C9H17Br2Si.C9H19ClSi.C8H15Cl3Si.C8H17ClSi.C6H11Cl3Si.C6H13ClSi.C5H9Cl2Si/c1-4-5-6-7-8-9-10-11-12-13-14-15-16-17-18-19-20-22(2,3)21;1-2-3-4-11-16-20(19,17-12-7-5-8-13-17)18-14-9-6-10-15-18;1-2-3-4-5-6-9-12-10-7-8-11-13(12)15-14;1-4-5-6-7-8-9-10-12(2,3)11;1-2-3-4-5-6-7-8-9-12(10)11;1-5-6-7-9(2)8-11(3,4)10;1-2-3-4-5-6-7-8-12(9,10)11;1-4-5-6-7-8-10(2,3)9;1-2-3-4-5-6-10(7,8)9;1-4-5-6-8(2,3)7;1-2-3-4-5-8(6)7/h4H,1,5-20H2,2-3H3;2,5-10,12-15H,1,3-4,11,16H2;2,7-8,10-11H,1,3-6,9H2;4H,1,5-10H2,2-3H3;2H,1,3-9H2;5,9H,1,6-8H2,2-4H3;2H,1,3-8H2;4H,1,5-8H2,2-3H3;2H,1,3-6H2;4H,1,5-6H2,2-3H3;2H,1,3-5H2. The molecule has 0 saturated heterocycles. The predicted octanol–water partition coefficient (Wildman–Crippen LogP) is 48.3.